The Morgan fingerprint density at radius 3 is 2.41 bits per heavy atom. The van der Waals surface area contributed by atoms with Crippen molar-refractivity contribution in [1.29, 1.82) is 0 Å². The molecule has 98 valence electrons. The average Bonchev–Trinajstić information content (AvgIpc) is 2.31. The quantitative estimate of drug-likeness (QED) is 0.664. The maximum absolute atomic E-state index is 5.56. The van der Waals surface area contributed by atoms with Gasteiger partial charge in [-0.15, -0.1) is 24.8 Å². The summed E-state index contributed by atoms with van der Waals surface area (Å²) in [5, 5.41) is 0. The van der Waals surface area contributed by atoms with E-state index in [1.54, 1.807) is 0 Å². The normalized spacial score (nSPS) is 9.59. The second-order valence-corrected chi connectivity index (χ2v) is 3.34. The zero-order valence-corrected chi connectivity index (χ0v) is 11.9. The van der Waals surface area contributed by atoms with Crippen molar-refractivity contribution in [3.8, 4) is 0 Å². The lowest BCUT2D eigenvalue weighted by Crippen LogP contribution is -2.20. The van der Waals surface area contributed by atoms with Crippen molar-refractivity contribution in [3.05, 3.63) is 29.8 Å². The van der Waals surface area contributed by atoms with E-state index in [0.717, 1.165) is 24.3 Å². The molecule has 2 N–H and O–H groups in total. The average molecular weight is 278 g/mol. The first-order chi connectivity index (χ1) is 7.30. The van der Waals surface area contributed by atoms with Crippen LogP contribution in [0.1, 0.15) is 19.4 Å². The van der Waals surface area contributed by atoms with Crippen LogP contribution >= 0.6 is 24.8 Å². The minimum atomic E-state index is 0. The van der Waals surface area contributed by atoms with Crippen molar-refractivity contribution >= 4 is 36.8 Å². The van der Waals surface area contributed by atoms with E-state index in [-0.39, 0.29) is 24.8 Å². The number of hydrogen-bond donors (Lipinski definition) is 1. The zero-order valence-electron chi connectivity index (χ0n) is 10.3. The summed E-state index contributed by atoms with van der Waals surface area (Å²) in [5.41, 5.74) is 7.64. The van der Waals surface area contributed by atoms with Gasteiger partial charge in [-0.05, 0) is 31.5 Å². The monoisotopic (exact) mass is 277 g/mol. The van der Waals surface area contributed by atoms with Crippen LogP contribution in [0.4, 0.5) is 5.69 Å². The summed E-state index contributed by atoms with van der Waals surface area (Å²) in [4.78, 5) is 6.55. The van der Waals surface area contributed by atoms with E-state index in [1.807, 2.05) is 30.6 Å². The number of rotatable bonds is 5. The third kappa shape index (κ3) is 6.51. The van der Waals surface area contributed by atoms with Gasteiger partial charge in [0.15, 0.2) is 0 Å². The smallest absolute Gasteiger partial charge is 0.0912 e. The lowest BCUT2D eigenvalue weighted by molar-refractivity contribution is 0.480. The first-order valence-corrected chi connectivity index (χ1v) is 5.37. The van der Waals surface area contributed by atoms with Crippen molar-refractivity contribution in [2.24, 2.45) is 10.7 Å². The van der Waals surface area contributed by atoms with Crippen LogP contribution in [0.5, 0.6) is 0 Å². The van der Waals surface area contributed by atoms with Crippen LogP contribution < -0.4 is 5.73 Å². The Kier molecular flexibility index (Phi) is 11.4. The molecule has 0 saturated heterocycles. The molecule has 0 radical (unpaired) electrons. The molecule has 17 heavy (non-hydrogen) atoms. The van der Waals surface area contributed by atoms with Crippen molar-refractivity contribution in [3.63, 3.8) is 0 Å². The minimum Gasteiger partial charge on any atom is -0.363 e. The van der Waals surface area contributed by atoms with Gasteiger partial charge in [-0.25, -0.2) is 4.99 Å². The highest BCUT2D eigenvalue weighted by molar-refractivity contribution is 5.85. The Morgan fingerprint density at radius 1 is 1.24 bits per heavy atom. The van der Waals surface area contributed by atoms with Crippen LogP contribution in [0.25, 0.3) is 0 Å². The van der Waals surface area contributed by atoms with Gasteiger partial charge in [0.05, 0.1) is 12.0 Å². The topological polar surface area (TPSA) is 41.6 Å². The van der Waals surface area contributed by atoms with E-state index in [9.17, 15) is 0 Å². The molecule has 1 aromatic rings. The number of benzene rings is 1. The highest BCUT2D eigenvalue weighted by Gasteiger charge is 1.93. The van der Waals surface area contributed by atoms with Crippen LogP contribution in [0.3, 0.4) is 0 Å². The predicted octanol–water partition coefficient (Wildman–Crippen LogP) is 2.99. The molecule has 0 aliphatic carbocycles. The van der Waals surface area contributed by atoms with Gasteiger partial charge in [-0.2, -0.15) is 0 Å². The van der Waals surface area contributed by atoms with E-state index >= 15 is 0 Å². The third-order valence-corrected chi connectivity index (χ3v) is 2.33. The minimum absolute atomic E-state index is 0. The predicted molar refractivity (Wildman–Crippen MR) is 79.9 cm³/mol. The molecule has 0 aromatic heterocycles. The first kappa shape index (κ1) is 18.6. The maximum atomic E-state index is 5.56. The summed E-state index contributed by atoms with van der Waals surface area (Å²) >= 11 is 0. The Balaban J connectivity index is 0. The molecule has 1 aromatic carbocycles. The molecule has 0 aliphatic heterocycles. The fourth-order valence-corrected chi connectivity index (χ4v) is 1.30. The Hall–Kier alpha value is -0.770. The molecule has 0 amide bonds. The van der Waals surface area contributed by atoms with Crippen LogP contribution in [0.15, 0.2) is 29.3 Å². The highest BCUT2D eigenvalue weighted by Crippen LogP contribution is 2.13. The maximum Gasteiger partial charge on any atom is 0.0912 e. The van der Waals surface area contributed by atoms with Gasteiger partial charge in [0.25, 0.3) is 0 Å². The van der Waals surface area contributed by atoms with Gasteiger partial charge in [0.1, 0.15) is 0 Å². The summed E-state index contributed by atoms with van der Waals surface area (Å²) in [6, 6.07) is 7.99. The van der Waals surface area contributed by atoms with E-state index in [4.69, 9.17) is 5.73 Å². The molecule has 0 atom stereocenters. The van der Waals surface area contributed by atoms with Crippen molar-refractivity contribution < 1.29 is 0 Å². The van der Waals surface area contributed by atoms with Gasteiger partial charge in [-0.3, -0.25) is 0 Å². The van der Waals surface area contributed by atoms with Crippen LogP contribution in [-0.2, 0) is 6.54 Å². The van der Waals surface area contributed by atoms with E-state index < -0.39 is 0 Å². The lowest BCUT2D eigenvalue weighted by Gasteiger charge is -2.13. The van der Waals surface area contributed by atoms with Gasteiger partial charge < -0.3 is 10.6 Å². The highest BCUT2D eigenvalue weighted by atomic mass is 35.5. The SMILES string of the molecule is CCN(C=Nc1cccc(CN)c1)CC.Cl.Cl. The van der Waals surface area contributed by atoms with Gasteiger partial charge in [0.2, 0.25) is 0 Å². The molecule has 0 spiro atoms. The number of aliphatic imine (C=N–C) groups is 1. The number of halogens is 2. The molecule has 0 fully saturated rings. The molecule has 3 nitrogen and oxygen atoms in total. The Labute approximate surface area is 116 Å². The Morgan fingerprint density at radius 2 is 1.88 bits per heavy atom. The standard InChI is InChI=1S/C12H19N3.2ClH/c1-3-15(4-2)10-14-12-7-5-6-11(8-12)9-13;;/h5-8,10H,3-4,9,13H2,1-2H3;2*1H. The molecule has 5 heteroatoms. The molecule has 0 unspecified atom stereocenters. The van der Waals surface area contributed by atoms with Crippen LogP contribution in [0, 0.1) is 0 Å². The van der Waals surface area contributed by atoms with E-state index in [2.05, 4.69) is 23.7 Å². The summed E-state index contributed by atoms with van der Waals surface area (Å²) in [6.07, 6.45) is 1.88. The second kappa shape index (κ2) is 10.4. The fraction of sp³-hybridized carbons (Fsp3) is 0.417. The fourth-order valence-electron chi connectivity index (χ4n) is 1.30. The Bertz CT molecular complexity index is 325. The lowest BCUT2D eigenvalue weighted by atomic mass is 10.2. The molecular formula is C12H21Cl2N3. The molecule has 0 saturated carbocycles. The van der Waals surface area contributed by atoms with Gasteiger partial charge in [0, 0.05) is 19.6 Å². The molecule has 1 rings (SSSR count). The molecule has 0 heterocycles. The second-order valence-electron chi connectivity index (χ2n) is 3.34. The number of hydrogen-bond acceptors (Lipinski definition) is 2. The number of nitrogens with two attached hydrogens (primary N) is 1. The van der Waals surface area contributed by atoms with Crippen molar-refractivity contribution in [1.82, 2.24) is 4.90 Å². The first-order valence-electron chi connectivity index (χ1n) is 5.37. The summed E-state index contributed by atoms with van der Waals surface area (Å²) in [6.45, 7) is 6.76. The molecular weight excluding hydrogens is 257 g/mol. The third-order valence-electron chi connectivity index (χ3n) is 2.33. The van der Waals surface area contributed by atoms with Gasteiger partial charge >= 0.3 is 0 Å². The van der Waals surface area contributed by atoms with Crippen LogP contribution in [0.2, 0.25) is 0 Å². The summed E-state index contributed by atoms with van der Waals surface area (Å²) < 4.78 is 0. The zero-order chi connectivity index (χ0) is 11.1. The summed E-state index contributed by atoms with van der Waals surface area (Å²) in [7, 11) is 0. The number of nitrogens with zero attached hydrogens (tertiary/aromatic N) is 2. The molecule has 0 bridgehead atoms. The van der Waals surface area contributed by atoms with Gasteiger partial charge in [-0.1, -0.05) is 12.1 Å². The largest absolute Gasteiger partial charge is 0.363 e. The van der Waals surface area contributed by atoms with Crippen molar-refractivity contribution in [2.45, 2.75) is 20.4 Å². The summed E-state index contributed by atoms with van der Waals surface area (Å²) in [5.74, 6) is 0. The molecule has 0 aliphatic rings. The van der Waals surface area contributed by atoms with E-state index in [1.165, 1.54) is 0 Å². The van der Waals surface area contributed by atoms with Crippen LogP contribution in [-0.4, -0.2) is 24.3 Å². The van der Waals surface area contributed by atoms with E-state index in [0.29, 0.717) is 6.54 Å². The van der Waals surface area contributed by atoms with Crippen molar-refractivity contribution in [2.75, 3.05) is 13.1 Å².